The number of benzene rings is 2. The van der Waals surface area contributed by atoms with E-state index in [0.717, 1.165) is 16.9 Å². The lowest BCUT2D eigenvalue weighted by atomic mass is 10.1. The van der Waals surface area contributed by atoms with Crippen molar-refractivity contribution in [2.45, 2.75) is 13.5 Å². The number of carboxylic acid groups (broad SMARTS) is 1. The molecule has 2 aromatic carbocycles. The molecule has 0 aliphatic carbocycles. The van der Waals surface area contributed by atoms with E-state index in [1.165, 1.54) is 0 Å². The van der Waals surface area contributed by atoms with Crippen molar-refractivity contribution in [1.82, 2.24) is 0 Å². The minimum atomic E-state index is -0.991. The molecular formula is C16H16O4. The SMILES string of the molecule is COc1ccc(COc2cc(C)ccc2C(=O)O)cc1. The highest BCUT2D eigenvalue weighted by molar-refractivity contribution is 5.90. The quantitative estimate of drug-likeness (QED) is 0.907. The zero-order chi connectivity index (χ0) is 14.5. The first-order valence-electron chi connectivity index (χ1n) is 6.20. The summed E-state index contributed by atoms with van der Waals surface area (Å²) in [4.78, 5) is 11.1. The summed E-state index contributed by atoms with van der Waals surface area (Å²) in [6, 6.07) is 12.5. The van der Waals surface area contributed by atoms with Gasteiger partial charge in [0.2, 0.25) is 0 Å². The molecule has 0 atom stereocenters. The molecule has 4 heteroatoms. The average molecular weight is 272 g/mol. The maximum absolute atomic E-state index is 11.1. The molecule has 0 aliphatic heterocycles. The van der Waals surface area contributed by atoms with Gasteiger partial charge in [-0.2, -0.15) is 0 Å². The Kier molecular flexibility index (Phi) is 4.25. The van der Waals surface area contributed by atoms with Crippen LogP contribution in [0, 0.1) is 6.92 Å². The summed E-state index contributed by atoms with van der Waals surface area (Å²) in [7, 11) is 1.61. The molecule has 0 heterocycles. The highest BCUT2D eigenvalue weighted by Crippen LogP contribution is 2.22. The molecule has 1 N–H and O–H groups in total. The number of rotatable bonds is 5. The summed E-state index contributed by atoms with van der Waals surface area (Å²) < 4.78 is 10.7. The lowest BCUT2D eigenvalue weighted by Gasteiger charge is -2.10. The molecule has 0 unspecified atom stereocenters. The second kappa shape index (κ2) is 6.10. The van der Waals surface area contributed by atoms with Crippen LogP contribution in [0.1, 0.15) is 21.5 Å². The van der Waals surface area contributed by atoms with Crippen LogP contribution < -0.4 is 9.47 Å². The fraction of sp³-hybridized carbons (Fsp3) is 0.188. The number of aryl methyl sites for hydroxylation is 1. The number of hydrogen-bond donors (Lipinski definition) is 1. The molecule has 0 saturated heterocycles. The molecular weight excluding hydrogens is 256 g/mol. The van der Waals surface area contributed by atoms with Crippen LogP contribution in [0.3, 0.4) is 0 Å². The number of methoxy groups -OCH3 is 1. The van der Waals surface area contributed by atoms with Crippen molar-refractivity contribution in [3.8, 4) is 11.5 Å². The van der Waals surface area contributed by atoms with Crippen LogP contribution in [0.2, 0.25) is 0 Å². The summed E-state index contributed by atoms with van der Waals surface area (Å²) in [5.41, 5.74) is 2.08. The van der Waals surface area contributed by atoms with Gasteiger partial charge in [-0.1, -0.05) is 18.2 Å². The molecule has 104 valence electrons. The zero-order valence-electron chi connectivity index (χ0n) is 11.4. The predicted molar refractivity (Wildman–Crippen MR) is 75.5 cm³/mol. The van der Waals surface area contributed by atoms with Crippen LogP contribution >= 0.6 is 0 Å². The number of carboxylic acids is 1. The van der Waals surface area contributed by atoms with E-state index in [2.05, 4.69) is 0 Å². The monoisotopic (exact) mass is 272 g/mol. The largest absolute Gasteiger partial charge is 0.497 e. The Labute approximate surface area is 117 Å². The van der Waals surface area contributed by atoms with Gasteiger partial charge < -0.3 is 14.6 Å². The van der Waals surface area contributed by atoms with Gasteiger partial charge in [-0.3, -0.25) is 0 Å². The topological polar surface area (TPSA) is 55.8 Å². The van der Waals surface area contributed by atoms with Gasteiger partial charge in [0, 0.05) is 0 Å². The third kappa shape index (κ3) is 3.29. The van der Waals surface area contributed by atoms with Gasteiger partial charge in [-0.15, -0.1) is 0 Å². The van der Waals surface area contributed by atoms with Crippen LogP contribution in [0.4, 0.5) is 0 Å². The standard InChI is InChI=1S/C16H16O4/c1-11-3-8-14(16(17)18)15(9-11)20-10-12-4-6-13(19-2)7-5-12/h3-9H,10H2,1-2H3,(H,17,18). The highest BCUT2D eigenvalue weighted by atomic mass is 16.5. The predicted octanol–water partition coefficient (Wildman–Crippen LogP) is 3.28. The lowest BCUT2D eigenvalue weighted by molar-refractivity contribution is 0.0692. The van der Waals surface area contributed by atoms with Gasteiger partial charge in [0.15, 0.2) is 0 Å². The number of ether oxygens (including phenoxy) is 2. The molecule has 0 bridgehead atoms. The molecule has 2 rings (SSSR count). The van der Waals surface area contributed by atoms with Gasteiger partial charge >= 0.3 is 5.97 Å². The van der Waals surface area contributed by atoms with Crippen molar-refractivity contribution in [2.75, 3.05) is 7.11 Å². The smallest absolute Gasteiger partial charge is 0.339 e. The fourth-order valence-corrected chi connectivity index (χ4v) is 1.81. The third-order valence-electron chi connectivity index (χ3n) is 2.92. The molecule has 0 aromatic heterocycles. The molecule has 0 aliphatic rings. The maximum Gasteiger partial charge on any atom is 0.339 e. The summed E-state index contributed by atoms with van der Waals surface area (Å²) >= 11 is 0. The summed E-state index contributed by atoms with van der Waals surface area (Å²) in [6.07, 6.45) is 0. The Hall–Kier alpha value is -2.49. The van der Waals surface area contributed by atoms with Crippen LogP contribution in [-0.2, 0) is 6.61 Å². The van der Waals surface area contributed by atoms with E-state index in [1.807, 2.05) is 31.2 Å². The van der Waals surface area contributed by atoms with Crippen molar-refractivity contribution < 1.29 is 19.4 Å². The van der Waals surface area contributed by atoms with Crippen molar-refractivity contribution >= 4 is 5.97 Å². The minimum Gasteiger partial charge on any atom is -0.497 e. The molecule has 2 aromatic rings. The fourth-order valence-electron chi connectivity index (χ4n) is 1.81. The first kappa shape index (κ1) is 13.9. The van der Waals surface area contributed by atoms with E-state index in [4.69, 9.17) is 14.6 Å². The molecule has 0 saturated carbocycles. The van der Waals surface area contributed by atoms with E-state index < -0.39 is 5.97 Å². The van der Waals surface area contributed by atoms with Crippen LogP contribution in [0.25, 0.3) is 0 Å². The second-order valence-corrected chi connectivity index (χ2v) is 4.44. The maximum atomic E-state index is 11.1. The van der Waals surface area contributed by atoms with Crippen LogP contribution in [0.15, 0.2) is 42.5 Å². The Morgan fingerprint density at radius 2 is 1.85 bits per heavy atom. The second-order valence-electron chi connectivity index (χ2n) is 4.44. The van der Waals surface area contributed by atoms with E-state index >= 15 is 0 Å². The van der Waals surface area contributed by atoms with E-state index in [9.17, 15) is 4.79 Å². The lowest BCUT2D eigenvalue weighted by Crippen LogP contribution is -2.03. The Morgan fingerprint density at radius 3 is 2.45 bits per heavy atom. The molecule has 0 radical (unpaired) electrons. The summed E-state index contributed by atoms with van der Waals surface area (Å²) in [6.45, 7) is 2.21. The van der Waals surface area contributed by atoms with E-state index in [-0.39, 0.29) is 5.56 Å². The van der Waals surface area contributed by atoms with Gasteiger partial charge in [-0.05, 0) is 42.3 Å². The molecule has 4 nitrogen and oxygen atoms in total. The Balaban J connectivity index is 2.13. The molecule has 0 spiro atoms. The Morgan fingerprint density at radius 1 is 1.15 bits per heavy atom. The van der Waals surface area contributed by atoms with Crippen molar-refractivity contribution in [1.29, 1.82) is 0 Å². The number of carbonyl (C=O) groups is 1. The van der Waals surface area contributed by atoms with Crippen molar-refractivity contribution in [3.05, 3.63) is 59.2 Å². The molecule has 20 heavy (non-hydrogen) atoms. The first-order chi connectivity index (χ1) is 9.60. The van der Waals surface area contributed by atoms with Crippen LogP contribution in [0.5, 0.6) is 11.5 Å². The first-order valence-corrected chi connectivity index (χ1v) is 6.20. The summed E-state index contributed by atoms with van der Waals surface area (Å²) in [5, 5.41) is 9.13. The zero-order valence-corrected chi connectivity index (χ0v) is 11.4. The van der Waals surface area contributed by atoms with Crippen LogP contribution in [-0.4, -0.2) is 18.2 Å². The highest BCUT2D eigenvalue weighted by Gasteiger charge is 2.11. The van der Waals surface area contributed by atoms with Gasteiger partial charge in [0.1, 0.15) is 23.7 Å². The minimum absolute atomic E-state index is 0.170. The van der Waals surface area contributed by atoms with Crippen molar-refractivity contribution in [2.24, 2.45) is 0 Å². The van der Waals surface area contributed by atoms with Gasteiger partial charge in [0.05, 0.1) is 7.11 Å². The van der Waals surface area contributed by atoms with E-state index in [1.54, 1.807) is 25.3 Å². The average Bonchev–Trinajstić information content (AvgIpc) is 2.45. The normalized spacial score (nSPS) is 10.1. The van der Waals surface area contributed by atoms with Gasteiger partial charge in [0.25, 0.3) is 0 Å². The number of aromatic carboxylic acids is 1. The Bertz CT molecular complexity index is 602. The number of hydrogen-bond acceptors (Lipinski definition) is 3. The summed E-state index contributed by atoms with van der Waals surface area (Å²) in [5.74, 6) is 0.165. The third-order valence-corrected chi connectivity index (χ3v) is 2.92. The van der Waals surface area contributed by atoms with Crippen molar-refractivity contribution in [3.63, 3.8) is 0 Å². The molecule has 0 fully saturated rings. The van der Waals surface area contributed by atoms with Gasteiger partial charge in [-0.25, -0.2) is 4.79 Å². The van der Waals surface area contributed by atoms with E-state index in [0.29, 0.717) is 12.4 Å². The molecule has 0 amide bonds.